The van der Waals surface area contributed by atoms with E-state index >= 15 is 0 Å². The van der Waals surface area contributed by atoms with Crippen molar-refractivity contribution in [1.29, 1.82) is 0 Å². The summed E-state index contributed by atoms with van der Waals surface area (Å²) in [6.45, 7) is 5.81. The molecule has 0 saturated heterocycles. The highest BCUT2D eigenvalue weighted by Gasteiger charge is 2.18. The number of benzene rings is 1. The van der Waals surface area contributed by atoms with Crippen LogP contribution in [0.25, 0.3) is 0 Å². The van der Waals surface area contributed by atoms with E-state index in [0.29, 0.717) is 0 Å². The van der Waals surface area contributed by atoms with Crippen LogP contribution in [0.1, 0.15) is 18.4 Å². The molecule has 1 heterocycles. The number of nitrogens with zero attached hydrogens (tertiary/aromatic N) is 1. The summed E-state index contributed by atoms with van der Waals surface area (Å²) in [6, 6.07) is 10.1. The van der Waals surface area contributed by atoms with Crippen molar-refractivity contribution in [3.63, 3.8) is 0 Å². The first-order valence-corrected chi connectivity index (χ1v) is 5.69. The van der Waals surface area contributed by atoms with E-state index in [-0.39, 0.29) is 0 Å². The molecule has 80 valence electrons. The first-order chi connectivity index (χ1) is 7.90. The fraction of sp³-hybridized carbons (Fsp3) is 0.267. The second-order valence-corrected chi connectivity index (χ2v) is 3.90. The molecule has 1 heteroatoms. The lowest BCUT2D eigenvalue weighted by Gasteiger charge is -1.92. The molecule has 2 rings (SSSR count). The monoisotopic (exact) mass is 210 g/mol. The largest absolute Gasteiger partial charge is 0.228 e. The molecule has 0 fully saturated rings. The van der Waals surface area contributed by atoms with Crippen LogP contribution in [0.15, 0.2) is 43.0 Å². The molecule has 1 nitrogen and oxygen atoms in total. The van der Waals surface area contributed by atoms with Crippen molar-refractivity contribution in [2.45, 2.75) is 12.8 Å². The highest BCUT2D eigenvalue weighted by molar-refractivity contribution is 5.97. The minimum Gasteiger partial charge on any atom is -0.223 e. The third-order valence-corrected chi connectivity index (χ3v) is 2.70. The van der Waals surface area contributed by atoms with E-state index in [2.05, 4.69) is 23.0 Å². The Kier molecular flexibility index (Phi) is 3.56. The molecule has 1 aromatic carbocycles. The van der Waals surface area contributed by atoms with Gasteiger partial charge in [-0.1, -0.05) is 30.7 Å². The quantitative estimate of drug-likeness (QED) is 0.401. The summed E-state index contributed by atoms with van der Waals surface area (Å²) in [6.07, 6.45) is 4.26. The number of hydrogen-bond acceptors (Lipinski definition) is 0. The fourth-order valence-electron chi connectivity index (χ4n) is 1.90. The maximum atomic E-state index is 3.77. The van der Waals surface area contributed by atoms with Gasteiger partial charge >= 0.3 is 0 Å². The molecule has 0 aromatic heterocycles. The highest BCUT2D eigenvalue weighted by Crippen LogP contribution is 2.04. The Morgan fingerprint density at radius 3 is 2.81 bits per heavy atom. The van der Waals surface area contributed by atoms with Gasteiger partial charge in [0.05, 0.1) is 0 Å². The smallest absolute Gasteiger partial charge is 0.223 e. The highest BCUT2D eigenvalue weighted by atomic mass is 15.0. The minimum absolute atomic E-state index is 0.915. The molecule has 0 amide bonds. The average molecular weight is 210 g/mol. The molecular weight excluding hydrogens is 194 g/mol. The lowest BCUT2D eigenvalue weighted by molar-refractivity contribution is -0.508. The Labute approximate surface area is 97.1 Å². The molecule has 0 saturated carbocycles. The van der Waals surface area contributed by atoms with Gasteiger partial charge < -0.3 is 0 Å². The first kappa shape index (κ1) is 10.7. The predicted molar refractivity (Wildman–Crippen MR) is 67.8 cm³/mol. The molecule has 1 aliphatic heterocycles. The van der Waals surface area contributed by atoms with Gasteiger partial charge in [0.2, 0.25) is 5.71 Å². The second-order valence-electron chi connectivity index (χ2n) is 3.90. The van der Waals surface area contributed by atoms with E-state index in [4.69, 9.17) is 0 Å². The third kappa shape index (κ3) is 2.61. The third-order valence-electron chi connectivity index (χ3n) is 2.70. The van der Waals surface area contributed by atoms with Crippen LogP contribution in [-0.4, -0.2) is 23.4 Å². The molecule has 0 aliphatic carbocycles. The van der Waals surface area contributed by atoms with Gasteiger partial charge in [0.25, 0.3) is 0 Å². The van der Waals surface area contributed by atoms with Crippen molar-refractivity contribution in [3.8, 4) is 11.8 Å². The summed E-state index contributed by atoms with van der Waals surface area (Å²) in [7, 11) is 0. The molecule has 0 N–H and O–H groups in total. The van der Waals surface area contributed by atoms with Crippen LogP contribution in [0.5, 0.6) is 0 Å². The van der Waals surface area contributed by atoms with E-state index in [1.807, 2.05) is 36.4 Å². The summed E-state index contributed by atoms with van der Waals surface area (Å²) in [5, 5.41) is 0. The van der Waals surface area contributed by atoms with Crippen molar-refractivity contribution >= 4 is 5.71 Å². The molecule has 0 unspecified atom stereocenters. The lowest BCUT2D eigenvalue weighted by atomic mass is 10.2. The van der Waals surface area contributed by atoms with E-state index in [0.717, 1.165) is 25.1 Å². The van der Waals surface area contributed by atoms with E-state index in [1.165, 1.54) is 12.1 Å². The van der Waals surface area contributed by atoms with E-state index in [9.17, 15) is 0 Å². The fourth-order valence-corrected chi connectivity index (χ4v) is 1.90. The van der Waals surface area contributed by atoms with Crippen LogP contribution < -0.4 is 0 Å². The molecule has 0 bridgehead atoms. The Bertz CT molecular complexity index is 457. The van der Waals surface area contributed by atoms with Crippen LogP contribution in [-0.2, 0) is 0 Å². The van der Waals surface area contributed by atoms with Gasteiger partial charge in [-0.3, -0.25) is 0 Å². The van der Waals surface area contributed by atoms with Gasteiger partial charge in [-0.2, -0.15) is 0 Å². The zero-order valence-electron chi connectivity index (χ0n) is 9.45. The van der Waals surface area contributed by atoms with Crippen LogP contribution in [0.3, 0.4) is 0 Å². The van der Waals surface area contributed by atoms with Gasteiger partial charge in [0.15, 0.2) is 6.54 Å². The molecular formula is C15H16N+. The van der Waals surface area contributed by atoms with Gasteiger partial charge in [-0.25, -0.2) is 4.58 Å². The van der Waals surface area contributed by atoms with Crippen molar-refractivity contribution in [2.75, 3.05) is 13.1 Å². The van der Waals surface area contributed by atoms with Gasteiger partial charge in [-0.05, 0) is 18.2 Å². The summed E-state index contributed by atoms with van der Waals surface area (Å²) in [5.74, 6) is 6.49. The average Bonchev–Trinajstić information content (AvgIpc) is 2.76. The number of rotatable bonds is 2. The maximum absolute atomic E-state index is 3.77. The van der Waals surface area contributed by atoms with E-state index < -0.39 is 0 Å². The Balaban J connectivity index is 2.18. The van der Waals surface area contributed by atoms with Crippen molar-refractivity contribution < 1.29 is 4.58 Å². The van der Waals surface area contributed by atoms with Crippen LogP contribution in [0.4, 0.5) is 0 Å². The minimum atomic E-state index is 0.915. The Hall–Kier alpha value is -1.81. The van der Waals surface area contributed by atoms with Crippen LogP contribution in [0, 0.1) is 11.8 Å². The molecule has 16 heavy (non-hydrogen) atoms. The van der Waals surface area contributed by atoms with Crippen molar-refractivity contribution in [2.24, 2.45) is 0 Å². The molecule has 0 radical (unpaired) electrons. The Morgan fingerprint density at radius 2 is 2.06 bits per heavy atom. The first-order valence-electron chi connectivity index (χ1n) is 5.69. The van der Waals surface area contributed by atoms with Crippen LogP contribution >= 0.6 is 0 Å². The summed E-state index contributed by atoms with van der Waals surface area (Å²) >= 11 is 0. The standard InChI is InChI=1S/C15H16N/c1-2-12-16-13-6-9-15(16)11-10-14-7-4-3-5-8-14/h2-5,7-8H,1,6,9,12-13H2/q+1. The van der Waals surface area contributed by atoms with Gasteiger partial charge in [0, 0.05) is 24.3 Å². The molecule has 1 aliphatic rings. The van der Waals surface area contributed by atoms with Crippen molar-refractivity contribution in [1.82, 2.24) is 0 Å². The maximum Gasteiger partial charge on any atom is 0.228 e. The summed E-state index contributed by atoms with van der Waals surface area (Å²) in [4.78, 5) is 0. The lowest BCUT2D eigenvalue weighted by Crippen LogP contribution is -2.13. The SMILES string of the molecule is C=CC[N+]1=C(C#Cc2ccccc2)CCC1. The topological polar surface area (TPSA) is 3.01 Å². The molecule has 0 atom stereocenters. The molecule has 0 spiro atoms. The second kappa shape index (κ2) is 5.32. The zero-order chi connectivity index (χ0) is 11.2. The predicted octanol–water partition coefficient (Wildman–Crippen LogP) is 2.47. The van der Waals surface area contributed by atoms with Crippen molar-refractivity contribution in [3.05, 3.63) is 48.6 Å². The summed E-state index contributed by atoms with van der Waals surface area (Å²) in [5.41, 5.74) is 2.34. The Morgan fingerprint density at radius 1 is 1.25 bits per heavy atom. The van der Waals surface area contributed by atoms with Gasteiger partial charge in [0.1, 0.15) is 6.54 Å². The number of hydrogen-bond donors (Lipinski definition) is 0. The normalized spacial score (nSPS) is 14.5. The van der Waals surface area contributed by atoms with Crippen LogP contribution in [0.2, 0.25) is 0 Å². The van der Waals surface area contributed by atoms with Gasteiger partial charge in [-0.15, -0.1) is 0 Å². The zero-order valence-corrected chi connectivity index (χ0v) is 9.45. The van der Waals surface area contributed by atoms with E-state index in [1.54, 1.807) is 0 Å². The molecule has 1 aromatic rings. The summed E-state index contributed by atoms with van der Waals surface area (Å²) < 4.78 is 2.31.